The van der Waals surface area contributed by atoms with E-state index in [4.69, 9.17) is 11.6 Å². The van der Waals surface area contributed by atoms with Gasteiger partial charge in [0.25, 0.3) is 0 Å². The van der Waals surface area contributed by atoms with Crippen molar-refractivity contribution in [2.45, 2.75) is 0 Å². The Bertz CT molecular complexity index is 698. The Morgan fingerprint density at radius 1 is 1.40 bits per heavy atom. The molecule has 0 bridgehead atoms. The van der Waals surface area contributed by atoms with Gasteiger partial charge in [-0.3, -0.25) is 4.79 Å². The molecule has 1 amide bonds. The topological polar surface area (TPSA) is 67.2 Å². The fraction of sp³-hybridized carbons (Fsp3) is 0.0909. The van der Waals surface area contributed by atoms with Crippen LogP contribution in [0.2, 0.25) is 5.02 Å². The van der Waals surface area contributed by atoms with Crippen molar-refractivity contribution in [1.82, 2.24) is 15.5 Å². The molecule has 0 radical (unpaired) electrons. The number of thioether (sulfide) groups is 1. The van der Waals surface area contributed by atoms with Crippen molar-refractivity contribution in [1.29, 1.82) is 0 Å². The zero-order valence-electron chi connectivity index (χ0n) is 9.76. The van der Waals surface area contributed by atoms with Crippen molar-refractivity contribution in [3.63, 3.8) is 0 Å². The average Bonchev–Trinajstić information content (AvgIpc) is 3.00. The molecule has 1 saturated heterocycles. The fourth-order valence-electron chi connectivity index (χ4n) is 1.54. The summed E-state index contributed by atoms with van der Waals surface area (Å²) in [6.07, 6.45) is 0. The van der Waals surface area contributed by atoms with E-state index in [1.54, 1.807) is 6.07 Å². The van der Waals surface area contributed by atoms with Crippen molar-refractivity contribution in [3.8, 4) is 10.6 Å². The number of carbonyl (C=O) groups is 1. The van der Waals surface area contributed by atoms with Crippen LogP contribution >= 0.6 is 34.7 Å². The van der Waals surface area contributed by atoms with Gasteiger partial charge in [0.15, 0.2) is 10.2 Å². The SMILES string of the molecule is O=C1CSC(=Nc2nnc(-c3c(F)cccc3Cl)s2)N1. The van der Waals surface area contributed by atoms with Crippen LogP contribution in [0.3, 0.4) is 0 Å². The standard InChI is InChI=1S/C11H6ClFN4OS2/c12-5-2-1-3-6(13)8(5)9-16-17-11(20-9)15-10-14-7(18)4-19-10/h1-3H,4H2,(H,14,15,17,18). The number of carbonyl (C=O) groups excluding carboxylic acids is 1. The first-order valence-corrected chi connectivity index (χ1v) is 7.61. The maximum atomic E-state index is 13.8. The molecule has 0 spiro atoms. The van der Waals surface area contributed by atoms with Crippen molar-refractivity contribution in [3.05, 3.63) is 29.0 Å². The second-order valence-corrected chi connectivity index (χ2v) is 6.07. The van der Waals surface area contributed by atoms with Crippen molar-refractivity contribution >= 4 is 50.9 Å². The van der Waals surface area contributed by atoms with Crippen LogP contribution in [0.1, 0.15) is 0 Å². The number of hydrogen-bond donors (Lipinski definition) is 1. The Balaban J connectivity index is 1.93. The summed E-state index contributed by atoms with van der Waals surface area (Å²) in [4.78, 5) is 15.2. The van der Waals surface area contributed by atoms with Gasteiger partial charge in [-0.15, -0.1) is 10.2 Å². The van der Waals surface area contributed by atoms with Crippen LogP contribution in [0.4, 0.5) is 9.52 Å². The molecule has 0 unspecified atom stereocenters. The van der Waals surface area contributed by atoms with E-state index in [9.17, 15) is 9.18 Å². The molecule has 1 fully saturated rings. The van der Waals surface area contributed by atoms with Crippen LogP contribution in [0.15, 0.2) is 23.2 Å². The number of hydrogen-bond acceptors (Lipinski definition) is 6. The molecule has 1 aliphatic heterocycles. The molecule has 1 aromatic carbocycles. The van der Waals surface area contributed by atoms with E-state index in [0.717, 1.165) is 11.3 Å². The highest BCUT2D eigenvalue weighted by Crippen LogP contribution is 2.35. The molecule has 102 valence electrons. The molecule has 9 heteroatoms. The van der Waals surface area contributed by atoms with Gasteiger partial charge in [-0.2, -0.15) is 4.99 Å². The van der Waals surface area contributed by atoms with Crippen molar-refractivity contribution < 1.29 is 9.18 Å². The number of aliphatic imine (C=N–C) groups is 1. The van der Waals surface area contributed by atoms with E-state index in [1.165, 1.54) is 23.9 Å². The van der Waals surface area contributed by atoms with Crippen LogP contribution in [0.25, 0.3) is 10.6 Å². The van der Waals surface area contributed by atoms with E-state index in [2.05, 4.69) is 20.5 Å². The molecule has 1 aromatic heterocycles. The second-order valence-electron chi connectivity index (χ2n) is 3.74. The zero-order valence-corrected chi connectivity index (χ0v) is 12.2. The zero-order chi connectivity index (χ0) is 14.1. The van der Waals surface area contributed by atoms with E-state index in [-0.39, 0.29) is 16.5 Å². The Hall–Kier alpha value is -1.51. The first-order valence-electron chi connectivity index (χ1n) is 5.43. The smallest absolute Gasteiger partial charge is 0.236 e. The number of nitrogens with zero attached hydrogens (tertiary/aromatic N) is 3. The summed E-state index contributed by atoms with van der Waals surface area (Å²) in [6.45, 7) is 0. The van der Waals surface area contributed by atoms with Crippen LogP contribution in [-0.2, 0) is 4.79 Å². The van der Waals surface area contributed by atoms with Gasteiger partial charge in [-0.1, -0.05) is 40.8 Å². The molecule has 20 heavy (non-hydrogen) atoms. The number of nitrogens with one attached hydrogen (secondary N) is 1. The van der Waals surface area contributed by atoms with Crippen LogP contribution in [0.5, 0.6) is 0 Å². The van der Waals surface area contributed by atoms with Gasteiger partial charge >= 0.3 is 0 Å². The van der Waals surface area contributed by atoms with Gasteiger partial charge in [0.1, 0.15) is 5.82 Å². The average molecular weight is 329 g/mol. The monoisotopic (exact) mass is 328 g/mol. The van der Waals surface area contributed by atoms with Gasteiger partial charge < -0.3 is 5.32 Å². The number of amides is 1. The molecule has 5 nitrogen and oxygen atoms in total. The Morgan fingerprint density at radius 2 is 2.25 bits per heavy atom. The molecule has 0 aliphatic carbocycles. The summed E-state index contributed by atoms with van der Waals surface area (Å²) in [5.74, 6) is -0.226. The highest BCUT2D eigenvalue weighted by Gasteiger charge is 2.18. The molecular formula is C11H6ClFN4OS2. The van der Waals surface area contributed by atoms with Gasteiger partial charge in [0, 0.05) is 0 Å². The van der Waals surface area contributed by atoms with E-state index < -0.39 is 5.82 Å². The first-order chi connectivity index (χ1) is 9.63. The summed E-state index contributed by atoms with van der Waals surface area (Å²) >= 11 is 8.35. The predicted molar refractivity (Wildman–Crippen MR) is 78.0 cm³/mol. The fourth-order valence-corrected chi connectivity index (χ4v) is 3.36. The molecule has 1 aliphatic rings. The molecule has 0 saturated carbocycles. The highest BCUT2D eigenvalue weighted by molar-refractivity contribution is 8.15. The minimum absolute atomic E-state index is 0.101. The summed E-state index contributed by atoms with van der Waals surface area (Å²) < 4.78 is 13.8. The van der Waals surface area contributed by atoms with Crippen molar-refractivity contribution in [2.24, 2.45) is 4.99 Å². The van der Waals surface area contributed by atoms with Gasteiger partial charge in [-0.25, -0.2) is 4.39 Å². The lowest BCUT2D eigenvalue weighted by Crippen LogP contribution is -2.19. The summed E-state index contributed by atoms with van der Waals surface area (Å²) in [5.41, 5.74) is 0.209. The summed E-state index contributed by atoms with van der Waals surface area (Å²) in [5, 5.41) is 11.7. The third-order valence-electron chi connectivity index (χ3n) is 2.37. The highest BCUT2D eigenvalue weighted by atomic mass is 35.5. The lowest BCUT2D eigenvalue weighted by Gasteiger charge is -1.99. The van der Waals surface area contributed by atoms with E-state index >= 15 is 0 Å². The van der Waals surface area contributed by atoms with Crippen molar-refractivity contribution in [2.75, 3.05) is 5.75 Å². The number of aromatic nitrogens is 2. The van der Waals surface area contributed by atoms with Gasteiger partial charge in [0.05, 0.1) is 16.3 Å². The second kappa shape index (κ2) is 5.47. The summed E-state index contributed by atoms with van der Waals surface area (Å²) in [7, 11) is 0. The number of halogens is 2. The Morgan fingerprint density at radius 3 is 2.95 bits per heavy atom. The molecule has 2 aromatic rings. The first kappa shape index (κ1) is 13.5. The summed E-state index contributed by atoms with van der Waals surface area (Å²) in [6, 6.07) is 4.41. The normalized spacial score (nSPS) is 16.7. The third-order valence-corrected chi connectivity index (χ3v) is 4.40. The number of amidine groups is 1. The maximum Gasteiger partial charge on any atom is 0.236 e. The largest absolute Gasteiger partial charge is 0.304 e. The minimum atomic E-state index is -0.462. The predicted octanol–water partition coefficient (Wildman–Crippen LogP) is 2.85. The van der Waals surface area contributed by atoms with Crippen LogP contribution in [-0.4, -0.2) is 27.0 Å². The van der Waals surface area contributed by atoms with E-state index in [0.29, 0.717) is 21.1 Å². The van der Waals surface area contributed by atoms with Crippen LogP contribution < -0.4 is 5.32 Å². The van der Waals surface area contributed by atoms with Crippen LogP contribution in [0, 0.1) is 5.82 Å². The lowest BCUT2D eigenvalue weighted by molar-refractivity contribution is -0.116. The number of rotatable bonds is 2. The molecule has 3 rings (SSSR count). The van der Waals surface area contributed by atoms with Gasteiger partial charge in [-0.05, 0) is 12.1 Å². The Kier molecular flexibility index (Phi) is 3.68. The quantitative estimate of drug-likeness (QED) is 0.920. The minimum Gasteiger partial charge on any atom is -0.304 e. The lowest BCUT2D eigenvalue weighted by atomic mass is 10.2. The number of benzene rings is 1. The Labute approximate surface area is 126 Å². The third kappa shape index (κ3) is 2.67. The molecule has 1 N–H and O–H groups in total. The maximum absolute atomic E-state index is 13.8. The van der Waals surface area contributed by atoms with Gasteiger partial charge in [0.2, 0.25) is 11.0 Å². The molecule has 0 atom stereocenters. The molecular weight excluding hydrogens is 323 g/mol. The van der Waals surface area contributed by atoms with E-state index in [1.807, 2.05) is 0 Å². The molecule has 2 heterocycles.